The normalized spacial score (nSPS) is 11.3. The van der Waals surface area contributed by atoms with Crippen LogP contribution in [0.1, 0.15) is 43.1 Å². The minimum Gasteiger partial charge on any atom is -0.421 e. The van der Waals surface area contributed by atoms with Crippen molar-refractivity contribution in [1.82, 2.24) is 10.4 Å². The summed E-state index contributed by atoms with van der Waals surface area (Å²) in [7, 11) is 0. The predicted molar refractivity (Wildman–Crippen MR) is 171 cm³/mol. The number of H-pyrrole nitrogens is 1. The van der Waals surface area contributed by atoms with E-state index >= 15 is 0 Å². The Kier molecular flexibility index (Phi) is 8.45. The summed E-state index contributed by atoms with van der Waals surface area (Å²) in [6, 6.07) is 22.1. The molecule has 0 radical (unpaired) electrons. The summed E-state index contributed by atoms with van der Waals surface area (Å²) < 4.78 is 7.01. The number of carbonyl (C=O) groups is 2. The Balaban J connectivity index is 1.48. The molecule has 0 aliphatic heterocycles. The highest BCUT2D eigenvalue weighted by atomic mass is 79.9. The first kappa shape index (κ1) is 28.8. The first-order valence-corrected chi connectivity index (χ1v) is 14.6. The smallest absolute Gasteiger partial charge is 0.343 e. The van der Waals surface area contributed by atoms with Crippen LogP contribution in [0.15, 0.2) is 86.8 Å². The molecule has 9 heteroatoms. The lowest BCUT2D eigenvalue weighted by Gasteiger charge is -2.11. The maximum atomic E-state index is 13.5. The third-order valence-corrected chi connectivity index (χ3v) is 7.85. The number of benzene rings is 4. The van der Waals surface area contributed by atoms with Crippen molar-refractivity contribution in [2.24, 2.45) is 5.10 Å². The molecule has 1 amide bonds. The van der Waals surface area contributed by atoms with Crippen LogP contribution >= 0.6 is 43.5 Å². The summed E-state index contributed by atoms with van der Waals surface area (Å²) in [6.07, 6.45) is 1.43. The quantitative estimate of drug-likeness (QED) is 0.0807. The standard InChI is InChI=1S/C32H24Br2ClN3O3/c1-17-7-6-8-20(12-17)32(40)41-30-21(14-22(33)15-25(30)34)16-36-38-31(39)29-27(23-9-4-5-10-26(23)35)24-13-18(2)11-19(3)28(24)37-29/h4-16,37H,1-3H3,(H,38,39). The number of hydrogen-bond acceptors (Lipinski definition) is 4. The number of amides is 1. The van der Waals surface area contributed by atoms with Gasteiger partial charge in [0.1, 0.15) is 5.69 Å². The lowest BCUT2D eigenvalue weighted by atomic mass is 9.99. The molecule has 0 unspecified atom stereocenters. The molecular formula is C32H24Br2ClN3O3. The van der Waals surface area contributed by atoms with Gasteiger partial charge in [0.25, 0.3) is 5.91 Å². The molecule has 1 aromatic heterocycles. The Labute approximate surface area is 259 Å². The van der Waals surface area contributed by atoms with Crippen LogP contribution in [0.4, 0.5) is 0 Å². The highest BCUT2D eigenvalue weighted by molar-refractivity contribution is 9.11. The van der Waals surface area contributed by atoms with Gasteiger partial charge in [-0.1, -0.05) is 75.1 Å². The number of ether oxygens (including phenoxy) is 1. The number of hydrazone groups is 1. The molecule has 206 valence electrons. The highest BCUT2D eigenvalue weighted by Gasteiger charge is 2.22. The van der Waals surface area contributed by atoms with Gasteiger partial charge in [0, 0.05) is 37.1 Å². The van der Waals surface area contributed by atoms with Crippen molar-refractivity contribution in [3.05, 3.63) is 120 Å². The van der Waals surface area contributed by atoms with Gasteiger partial charge >= 0.3 is 5.97 Å². The van der Waals surface area contributed by atoms with Gasteiger partial charge in [-0.2, -0.15) is 5.10 Å². The van der Waals surface area contributed by atoms with Crippen molar-refractivity contribution in [1.29, 1.82) is 0 Å². The number of rotatable bonds is 6. The van der Waals surface area contributed by atoms with Gasteiger partial charge < -0.3 is 9.72 Å². The molecule has 2 N–H and O–H groups in total. The fraction of sp³-hybridized carbons (Fsp3) is 0.0938. The predicted octanol–water partition coefficient (Wildman–Crippen LogP) is 8.92. The van der Waals surface area contributed by atoms with Crippen molar-refractivity contribution in [3.63, 3.8) is 0 Å². The van der Waals surface area contributed by atoms with Gasteiger partial charge in [-0.15, -0.1) is 0 Å². The number of halogens is 3. The van der Waals surface area contributed by atoms with Gasteiger partial charge in [-0.25, -0.2) is 10.2 Å². The van der Waals surface area contributed by atoms with E-state index in [-0.39, 0.29) is 5.75 Å². The minimum absolute atomic E-state index is 0.270. The third kappa shape index (κ3) is 6.15. The lowest BCUT2D eigenvalue weighted by Crippen LogP contribution is -2.19. The lowest BCUT2D eigenvalue weighted by molar-refractivity contribution is 0.0732. The molecule has 0 bridgehead atoms. The second-order valence-electron chi connectivity index (χ2n) is 9.62. The zero-order valence-electron chi connectivity index (χ0n) is 22.3. The SMILES string of the molecule is Cc1cccc(C(=O)Oc2c(Br)cc(Br)cc2C=NNC(=O)c2[nH]c3c(C)cc(C)cc3c2-c2ccccc2Cl)c1. The van der Waals surface area contributed by atoms with E-state index in [4.69, 9.17) is 16.3 Å². The molecular weight excluding hydrogens is 670 g/mol. The zero-order valence-corrected chi connectivity index (χ0v) is 26.2. The van der Waals surface area contributed by atoms with Crippen LogP contribution < -0.4 is 10.2 Å². The van der Waals surface area contributed by atoms with E-state index in [2.05, 4.69) is 53.4 Å². The van der Waals surface area contributed by atoms with Crippen LogP contribution in [0, 0.1) is 20.8 Å². The van der Waals surface area contributed by atoms with E-state index in [1.807, 2.05) is 51.1 Å². The monoisotopic (exact) mass is 691 g/mol. The Hall–Kier alpha value is -3.72. The summed E-state index contributed by atoms with van der Waals surface area (Å²) in [5.41, 5.74) is 9.15. The average molecular weight is 694 g/mol. The van der Waals surface area contributed by atoms with Crippen molar-refractivity contribution < 1.29 is 14.3 Å². The molecule has 0 saturated heterocycles. The first-order valence-electron chi connectivity index (χ1n) is 12.6. The first-order chi connectivity index (χ1) is 19.6. The topological polar surface area (TPSA) is 83.5 Å². The van der Waals surface area contributed by atoms with Crippen LogP contribution in [0.2, 0.25) is 5.02 Å². The van der Waals surface area contributed by atoms with Crippen molar-refractivity contribution >= 4 is 72.5 Å². The fourth-order valence-corrected chi connectivity index (χ4v) is 6.26. The van der Waals surface area contributed by atoms with Crippen LogP contribution in [-0.2, 0) is 0 Å². The summed E-state index contributed by atoms with van der Waals surface area (Å²) in [5, 5.41) is 5.64. The number of esters is 1. The van der Waals surface area contributed by atoms with Crippen LogP contribution in [0.25, 0.3) is 22.0 Å². The summed E-state index contributed by atoms with van der Waals surface area (Å²) in [6.45, 7) is 5.91. The van der Waals surface area contributed by atoms with Crippen molar-refractivity contribution in [3.8, 4) is 16.9 Å². The van der Waals surface area contributed by atoms with Gasteiger partial charge in [0.2, 0.25) is 0 Å². The number of fused-ring (bicyclic) bond motifs is 1. The molecule has 6 nitrogen and oxygen atoms in total. The fourth-order valence-electron chi connectivity index (χ4n) is 4.69. The number of carbonyl (C=O) groups excluding carboxylic acids is 2. The molecule has 4 aromatic carbocycles. The van der Waals surface area contributed by atoms with Crippen molar-refractivity contribution in [2.75, 3.05) is 0 Å². The second-order valence-corrected chi connectivity index (χ2v) is 11.8. The molecule has 0 atom stereocenters. The van der Waals surface area contributed by atoms with Crippen LogP contribution in [0.5, 0.6) is 5.75 Å². The summed E-state index contributed by atoms with van der Waals surface area (Å²) in [4.78, 5) is 29.7. The molecule has 0 saturated carbocycles. The average Bonchev–Trinajstić information content (AvgIpc) is 3.30. The maximum Gasteiger partial charge on any atom is 0.343 e. The number of nitrogens with one attached hydrogen (secondary N) is 2. The third-order valence-electron chi connectivity index (χ3n) is 6.47. The maximum absolute atomic E-state index is 13.5. The molecule has 41 heavy (non-hydrogen) atoms. The van der Waals surface area contributed by atoms with Gasteiger partial charge in [-0.05, 0) is 78.7 Å². The number of aromatic amines is 1. The Morgan fingerprint density at radius 2 is 1.73 bits per heavy atom. The highest BCUT2D eigenvalue weighted by Crippen LogP contribution is 2.38. The molecule has 0 fully saturated rings. The van der Waals surface area contributed by atoms with E-state index in [0.717, 1.165) is 37.6 Å². The van der Waals surface area contributed by atoms with Crippen molar-refractivity contribution in [2.45, 2.75) is 20.8 Å². The Bertz CT molecular complexity index is 1860. The van der Waals surface area contributed by atoms with E-state index in [1.54, 1.807) is 36.4 Å². The largest absolute Gasteiger partial charge is 0.421 e. The number of aryl methyl sites for hydroxylation is 3. The number of hydrogen-bond donors (Lipinski definition) is 2. The second kappa shape index (κ2) is 12.0. The molecule has 1 heterocycles. The Morgan fingerprint density at radius 3 is 2.49 bits per heavy atom. The van der Waals surface area contributed by atoms with Crippen LogP contribution in [0.3, 0.4) is 0 Å². The van der Waals surface area contributed by atoms with Gasteiger partial charge in [0.15, 0.2) is 5.75 Å². The molecule has 0 aliphatic rings. The molecule has 0 spiro atoms. The summed E-state index contributed by atoms with van der Waals surface area (Å²) in [5.74, 6) is -0.688. The molecule has 5 aromatic rings. The van der Waals surface area contributed by atoms with E-state index < -0.39 is 11.9 Å². The Morgan fingerprint density at radius 1 is 0.951 bits per heavy atom. The van der Waals surface area contributed by atoms with Gasteiger partial charge in [0.05, 0.1) is 16.3 Å². The number of aromatic nitrogens is 1. The molecule has 0 aliphatic carbocycles. The minimum atomic E-state index is -0.511. The zero-order chi connectivity index (χ0) is 29.3. The van der Waals surface area contributed by atoms with Crippen LogP contribution in [-0.4, -0.2) is 23.1 Å². The van der Waals surface area contributed by atoms with E-state index in [9.17, 15) is 9.59 Å². The summed E-state index contributed by atoms with van der Waals surface area (Å²) >= 11 is 13.5. The van der Waals surface area contributed by atoms with Gasteiger partial charge in [-0.3, -0.25) is 4.79 Å². The molecule has 5 rings (SSSR count). The van der Waals surface area contributed by atoms with E-state index in [1.165, 1.54) is 6.21 Å². The number of nitrogens with zero attached hydrogens (tertiary/aromatic N) is 1. The van der Waals surface area contributed by atoms with E-state index in [0.29, 0.717) is 31.9 Å².